The Morgan fingerprint density at radius 1 is 1.17 bits per heavy atom. The number of hydrogen-bond donors (Lipinski definition) is 0. The third kappa shape index (κ3) is 3.46. The first-order valence-corrected chi connectivity index (χ1v) is 8.33. The maximum absolute atomic E-state index is 12.7. The van der Waals surface area contributed by atoms with Crippen molar-refractivity contribution in [2.45, 2.75) is 51.0 Å². The highest BCUT2D eigenvalue weighted by atomic mass is 16.3. The van der Waals surface area contributed by atoms with Gasteiger partial charge in [0.15, 0.2) is 0 Å². The Morgan fingerprint density at radius 2 is 1.96 bits per heavy atom. The molecule has 0 bridgehead atoms. The Hall–Kier alpha value is -2.11. The summed E-state index contributed by atoms with van der Waals surface area (Å²) in [6.45, 7) is 0.893. The third-order valence-corrected chi connectivity index (χ3v) is 4.65. The highest BCUT2D eigenvalue weighted by Gasteiger charge is 2.32. The van der Waals surface area contributed by atoms with Gasteiger partial charge in [-0.2, -0.15) is 0 Å². The molecule has 0 radical (unpaired) electrons. The minimum Gasteiger partial charge on any atom is -0.467 e. The second-order valence-electron chi connectivity index (χ2n) is 6.16. The first kappa shape index (κ1) is 15.8. The predicted molar refractivity (Wildman–Crippen MR) is 82.2 cm³/mol. The van der Waals surface area contributed by atoms with Gasteiger partial charge in [-0.3, -0.25) is 19.3 Å². The summed E-state index contributed by atoms with van der Waals surface area (Å²) in [6, 6.07) is 3.71. The molecule has 2 aliphatic heterocycles. The molecular formula is C17H22N2O4. The molecule has 0 spiro atoms. The van der Waals surface area contributed by atoms with Crippen LogP contribution in [0.4, 0.5) is 0 Å². The average Bonchev–Trinajstić information content (AvgIpc) is 3.10. The van der Waals surface area contributed by atoms with Crippen LogP contribution in [0.15, 0.2) is 22.8 Å². The van der Waals surface area contributed by atoms with Crippen molar-refractivity contribution in [2.75, 3.05) is 13.1 Å². The molecule has 0 aromatic carbocycles. The maximum Gasteiger partial charge on any atom is 0.229 e. The van der Waals surface area contributed by atoms with Gasteiger partial charge in [0.05, 0.1) is 12.3 Å². The lowest BCUT2D eigenvalue weighted by atomic mass is 10.1. The van der Waals surface area contributed by atoms with Crippen LogP contribution in [0.3, 0.4) is 0 Å². The van der Waals surface area contributed by atoms with Crippen molar-refractivity contribution < 1.29 is 18.8 Å². The molecular weight excluding hydrogens is 296 g/mol. The van der Waals surface area contributed by atoms with E-state index in [0.717, 1.165) is 31.4 Å². The van der Waals surface area contributed by atoms with E-state index in [2.05, 4.69) is 0 Å². The van der Waals surface area contributed by atoms with Crippen molar-refractivity contribution in [2.24, 2.45) is 0 Å². The van der Waals surface area contributed by atoms with E-state index in [1.54, 1.807) is 6.26 Å². The first-order chi connectivity index (χ1) is 11.2. The molecule has 124 valence electrons. The van der Waals surface area contributed by atoms with Gasteiger partial charge in [0, 0.05) is 32.4 Å². The summed E-state index contributed by atoms with van der Waals surface area (Å²) < 4.78 is 5.51. The number of likely N-dealkylation sites (tertiary alicyclic amines) is 2. The van der Waals surface area contributed by atoms with E-state index in [4.69, 9.17) is 4.42 Å². The molecule has 23 heavy (non-hydrogen) atoms. The van der Waals surface area contributed by atoms with Gasteiger partial charge in [-0.1, -0.05) is 12.8 Å². The van der Waals surface area contributed by atoms with Crippen LogP contribution in [-0.2, 0) is 14.4 Å². The van der Waals surface area contributed by atoms with Gasteiger partial charge in [-0.05, 0) is 25.0 Å². The van der Waals surface area contributed by atoms with Crippen LogP contribution in [-0.4, -0.2) is 40.6 Å². The number of amides is 3. The van der Waals surface area contributed by atoms with Crippen LogP contribution in [0.25, 0.3) is 0 Å². The predicted octanol–water partition coefficient (Wildman–Crippen LogP) is 2.26. The first-order valence-electron chi connectivity index (χ1n) is 8.33. The van der Waals surface area contributed by atoms with Crippen LogP contribution in [0, 0.1) is 0 Å². The minimum absolute atomic E-state index is 0.0131. The normalized spacial score (nSPS) is 22.5. The second kappa shape index (κ2) is 6.98. The molecule has 2 aliphatic rings. The number of carbonyl (C=O) groups is 3. The van der Waals surface area contributed by atoms with Crippen LogP contribution in [0.2, 0.25) is 0 Å². The van der Waals surface area contributed by atoms with Gasteiger partial charge in [0.25, 0.3) is 0 Å². The summed E-state index contributed by atoms with van der Waals surface area (Å²) in [4.78, 5) is 39.0. The number of rotatable bonds is 4. The molecule has 1 aromatic heterocycles. The quantitative estimate of drug-likeness (QED) is 0.798. The number of hydrogen-bond acceptors (Lipinski definition) is 4. The summed E-state index contributed by atoms with van der Waals surface area (Å²) in [5.41, 5.74) is 0. The molecule has 6 heteroatoms. The van der Waals surface area contributed by atoms with Crippen molar-refractivity contribution in [3.8, 4) is 0 Å². The van der Waals surface area contributed by atoms with Crippen molar-refractivity contribution in [3.63, 3.8) is 0 Å². The number of carbonyl (C=O) groups excluding carboxylic acids is 3. The molecule has 0 saturated carbocycles. The van der Waals surface area contributed by atoms with Crippen molar-refractivity contribution in [1.29, 1.82) is 0 Å². The standard InChI is InChI=1S/C17H22N2O4/c20-15-7-8-16(21)19(15)11-9-17(22)18-10-3-1-2-5-13(18)14-6-4-12-23-14/h4,6,12-13H,1-3,5,7-11H2/t13-/m1/s1. The lowest BCUT2D eigenvalue weighted by molar-refractivity contribution is -0.140. The van der Waals surface area contributed by atoms with Gasteiger partial charge >= 0.3 is 0 Å². The summed E-state index contributed by atoms with van der Waals surface area (Å²) in [5.74, 6) is 0.469. The second-order valence-corrected chi connectivity index (χ2v) is 6.16. The largest absolute Gasteiger partial charge is 0.467 e. The molecule has 1 atom stereocenters. The lowest BCUT2D eigenvalue weighted by Gasteiger charge is -2.29. The summed E-state index contributed by atoms with van der Waals surface area (Å²) in [7, 11) is 0. The summed E-state index contributed by atoms with van der Waals surface area (Å²) in [6.07, 6.45) is 6.39. The lowest BCUT2D eigenvalue weighted by Crippen LogP contribution is -2.38. The number of nitrogens with zero attached hydrogens (tertiary/aromatic N) is 2. The number of furan rings is 1. The fourth-order valence-corrected chi connectivity index (χ4v) is 3.41. The zero-order valence-electron chi connectivity index (χ0n) is 13.2. The van der Waals surface area contributed by atoms with Gasteiger partial charge < -0.3 is 9.32 Å². The fourth-order valence-electron chi connectivity index (χ4n) is 3.41. The monoisotopic (exact) mass is 318 g/mol. The SMILES string of the molecule is O=C1CCC(=O)N1CCC(=O)N1CCCCC[C@@H]1c1ccco1. The Kier molecular flexibility index (Phi) is 4.79. The van der Waals surface area contributed by atoms with Crippen LogP contribution < -0.4 is 0 Å². The zero-order chi connectivity index (χ0) is 16.2. The molecule has 0 unspecified atom stereocenters. The molecule has 6 nitrogen and oxygen atoms in total. The van der Waals surface area contributed by atoms with E-state index in [9.17, 15) is 14.4 Å². The molecule has 1 aromatic rings. The van der Waals surface area contributed by atoms with Gasteiger partial charge in [-0.15, -0.1) is 0 Å². The minimum atomic E-state index is -0.166. The van der Waals surface area contributed by atoms with E-state index >= 15 is 0 Å². The summed E-state index contributed by atoms with van der Waals surface area (Å²) in [5, 5.41) is 0. The highest BCUT2D eigenvalue weighted by molar-refractivity contribution is 6.02. The van der Waals surface area contributed by atoms with Crippen molar-refractivity contribution in [3.05, 3.63) is 24.2 Å². The maximum atomic E-state index is 12.7. The van der Waals surface area contributed by atoms with Gasteiger partial charge in [0.1, 0.15) is 5.76 Å². The molecule has 0 aliphatic carbocycles. The number of imide groups is 1. The van der Waals surface area contributed by atoms with Gasteiger partial charge in [-0.25, -0.2) is 0 Å². The Labute approximate surface area is 135 Å². The van der Waals surface area contributed by atoms with E-state index in [-0.39, 0.29) is 49.6 Å². The van der Waals surface area contributed by atoms with E-state index in [0.29, 0.717) is 6.54 Å². The van der Waals surface area contributed by atoms with Gasteiger partial charge in [0.2, 0.25) is 17.7 Å². The van der Waals surface area contributed by atoms with Crippen LogP contribution in [0.1, 0.15) is 56.7 Å². The smallest absolute Gasteiger partial charge is 0.229 e. The molecule has 2 fully saturated rings. The third-order valence-electron chi connectivity index (χ3n) is 4.65. The average molecular weight is 318 g/mol. The topological polar surface area (TPSA) is 70.8 Å². The van der Waals surface area contributed by atoms with E-state index in [1.807, 2.05) is 17.0 Å². The molecule has 3 amide bonds. The highest BCUT2D eigenvalue weighted by Crippen LogP contribution is 2.31. The zero-order valence-corrected chi connectivity index (χ0v) is 13.2. The Bertz CT molecular complexity index is 565. The molecule has 3 rings (SSSR count). The molecule has 0 N–H and O–H groups in total. The van der Waals surface area contributed by atoms with Crippen LogP contribution in [0.5, 0.6) is 0 Å². The van der Waals surface area contributed by atoms with Crippen molar-refractivity contribution in [1.82, 2.24) is 9.80 Å². The Morgan fingerprint density at radius 3 is 2.65 bits per heavy atom. The fraction of sp³-hybridized carbons (Fsp3) is 0.588. The van der Waals surface area contributed by atoms with Crippen molar-refractivity contribution >= 4 is 17.7 Å². The van der Waals surface area contributed by atoms with E-state index in [1.165, 1.54) is 4.90 Å². The Balaban J connectivity index is 1.66. The summed E-state index contributed by atoms with van der Waals surface area (Å²) >= 11 is 0. The van der Waals surface area contributed by atoms with E-state index < -0.39 is 0 Å². The van der Waals surface area contributed by atoms with Crippen LogP contribution >= 0.6 is 0 Å². The molecule has 2 saturated heterocycles. The molecule has 3 heterocycles.